The van der Waals surface area contributed by atoms with E-state index in [9.17, 15) is 0 Å². The van der Waals surface area contributed by atoms with Gasteiger partial charge in [0.25, 0.3) is 0 Å². The van der Waals surface area contributed by atoms with Crippen LogP contribution in [0, 0.1) is 0 Å². The molecule has 104 valence electrons. The van der Waals surface area contributed by atoms with Crippen molar-refractivity contribution in [3.63, 3.8) is 0 Å². The number of fused-ring (bicyclic) bond motifs is 1. The zero-order chi connectivity index (χ0) is 14.4. The monoisotopic (exact) mass is 267 g/mol. The van der Waals surface area contributed by atoms with Gasteiger partial charge in [0.05, 0.1) is 5.69 Å². The Hall–Kier alpha value is -2.13. The minimum Gasteiger partial charge on any atom is -0.349 e. The Labute approximate surface area is 120 Å². The minimum atomic E-state index is 0.756. The van der Waals surface area contributed by atoms with Crippen LogP contribution in [0.1, 0.15) is 5.69 Å². The lowest BCUT2D eigenvalue weighted by atomic mass is 10.1. The average molecular weight is 267 g/mol. The maximum atomic E-state index is 4.80. The van der Waals surface area contributed by atoms with Crippen LogP contribution in [-0.4, -0.2) is 25.1 Å². The summed E-state index contributed by atoms with van der Waals surface area (Å²) in [6.45, 7) is 9.93. The summed E-state index contributed by atoms with van der Waals surface area (Å²) in [6.07, 6.45) is 3.79. The Morgan fingerprint density at radius 3 is 2.55 bits per heavy atom. The maximum Gasteiger partial charge on any atom is 0.137 e. The molecule has 0 fully saturated rings. The van der Waals surface area contributed by atoms with E-state index in [0.717, 1.165) is 36.5 Å². The predicted molar refractivity (Wildman–Crippen MR) is 87.1 cm³/mol. The molecule has 3 nitrogen and oxygen atoms in total. The van der Waals surface area contributed by atoms with Gasteiger partial charge in [0, 0.05) is 25.0 Å². The first-order valence-electron chi connectivity index (χ1n) is 6.80. The largest absolute Gasteiger partial charge is 0.349 e. The van der Waals surface area contributed by atoms with Gasteiger partial charge in [0.1, 0.15) is 5.82 Å². The molecule has 1 N–H and O–H groups in total. The lowest BCUT2D eigenvalue weighted by molar-refractivity contribution is 0.787. The van der Waals surface area contributed by atoms with Crippen LogP contribution < -0.4 is 10.2 Å². The van der Waals surface area contributed by atoms with Crippen molar-refractivity contribution < 1.29 is 0 Å². The van der Waals surface area contributed by atoms with Crippen molar-refractivity contribution in [2.45, 2.75) is 6.54 Å². The third-order valence-electron chi connectivity index (χ3n) is 3.13. The molecule has 20 heavy (non-hydrogen) atoms. The predicted octanol–water partition coefficient (Wildman–Crippen LogP) is 3.13. The summed E-state index contributed by atoms with van der Waals surface area (Å²) in [5.41, 5.74) is 1.04. The summed E-state index contributed by atoms with van der Waals surface area (Å²) in [5, 5.41) is 5.53. The summed E-state index contributed by atoms with van der Waals surface area (Å²) < 4.78 is 0. The Balaban J connectivity index is 2.57. The summed E-state index contributed by atoms with van der Waals surface area (Å²) >= 11 is 0. The summed E-state index contributed by atoms with van der Waals surface area (Å²) in [7, 11) is 1.93. The summed E-state index contributed by atoms with van der Waals surface area (Å²) in [4.78, 5) is 6.98. The van der Waals surface area contributed by atoms with Gasteiger partial charge in [-0.2, -0.15) is 0 Å². The fraction of sp³-hybridized carbons (Fsp3) is 0.235. The molecule has 0 spiro atoms. The summed E-state index contributed by atoms with van der Waals surface area (Å²) in [5.74, 6) is 0.994. The molecule has 0 saturated carbocycles. The van der Waals surface area contributed by atoms with Crippen molar-refractivity contribution in [1.82, 2.24) is 10.3 Å². The SMILES string of the molecule is C=CCN(CC=C)c1nc(CNC)cc2ccccc12. The van der Waals surface area contributed by atoms with E-state index >= 15 is 0 Å². The third kappa shape index (κ3) is 3.06. The van der Waals surface area contributed by atoms with Crippen LogP contribution in [0.25, 0.3) is 10.8 Å². The molecule has 2 aromatic rings. The lowest BCUT2D eigenvalue weighted by Gasteiger charge is -2.23. The number of hydrogen-bond acceptors (Lipinski definition) is 3. The molecule has 1 heterocycles. The Morgan fingerprint density at radius 1 is 1.20 bits per heavy atom. The lowest BCUT2D eigenvalue weighted by Crippen LogP contribution is -2.25. The molecule has 0 amide bonds. The second kappa shape index (κ2) is 6.87. The van der Waals surface area contributed by atoms with E-state index in [-0.39, 0.29) is 0 Å². The van der Waals surface area contributed by atoms with E-state index in [2.05, 4.69) is 47.6 Å². The average Bonchev–Trinajstić information content (AvgIpc) is 2.46. The molecular weight excluding hydrogens is 246 g/mol. The summed E-state index contributed by atoms with van der Waals surface area (Å²) in [6, 6.07) is 10.5. The first kappa shape index (κ1) is 14.3. The molecule has 0 atom stereocenters. The zero-order valence-electron chi connectivity index (χ0n) is 12.0. The molecule has 0 unspecified atom stereocenters. The van der Waals surface area contributed by atoms with E-state index in [1.165, 1.54) is 5.39 Å². The van der Waals surface area contributed by atoms with Gasteiger partial charge in [-0.25, -0.2) is 4.98 Å². The van der Waals surface area contributed by atoms with Crippen molar-refractivity contribution in [1.29, 1.82) is 0 Å². The topological polar surface area (TPSA) is 28.2 Å². The van der Waals surface area contributed by atoms with E-state index in [4.69, 9.17) is 4.98 Å². The second-order valence-electron chi connectivity index (χ2n) is 4.67. The highest BCUT2D eigenvalue weighted by Gasteiger charge is 2.11. The van der Waals surface area contributed by atoms with Crippen molar-refractivity contribution in [2.24, 2.45) is 0 Å². The van der Waals surface area contributed by atoms with Crippen LogP contribution in [0.5, 0.6) is 0 Å². The van der Waals surface area contributed by atoms with Crippen molar-refractivity contribution in [2.75, 3.05) is 25.0 Å². The van der Waals surface area contributed by atoms with Crippen molar-refractivity contribution in [3.05, 3.63) is 61.3 Å². The standard InChI is InChI=1S/C17H21N3/c1-4-10-20(11-5-2)17-16-9-7-6-8-14(16)12-15(19-17)13-18-3/h4-9,12,18H,1-2,10-11,13H2,3H3. The van der Waals surface area contributed by atoms with Crippen molar-refractivity contribution >= 4 is 16.6 Å². The number of rotatable bonds is 7. The molecule has 3 heteroatoms. The second-order valence-corrected chi connectivity index (χ2v) is 4.67. The van der Waals surface area contributed by atoms with E-state index < -0.39 is 0 Å². The highest BCUT2D eigenvalue weighted by molar-refractivity contribution is 5.92. The maximum absolute atomic E-state index is 4.80. The van der Waals surface area contributed by atoms with E-state index in [1.54, 1.807) is 0 Å². The molecule has 0 saturated heterocycles. The fourth-order valence-electron chi connectivity index (χ4n) is 2.31. The molecule has 0 radical (unpaired) electrons. The molecule has 2 rings (SSSR count). The number of nitrogens with zero attached hydrogens (tertiary/aromatic N) is 2. The molecule has 1 aromatic heterocycles. The van der Waals surface area contributed by atoms with E-state index in [1.807, 2.05) is 25.3 Å². The third-order valence-corrected chi connectivity index (χ3v) is 3.13. The normalized spacial score (nSPS) is 10.4. The number of nitrogens with one attached hydrogen (secondary N) is 1. The quantitative estimate of drug-likeness (QED) is 0.781. The van der Waals surface area contributed by atoms with E-state index in [0.29, 0.717) is 0 Å². The first-order chi connectivity index (χ1) is 9.80. The molecule has 1 aromatic carbocycles. The smallest absolute Gasteiger partial charge is 0.137 e. The number of pyridine rings is 1. The fourth-order valence-corrected chi connectivity index (χ4v) is 2.31. The van der Waals surface area contributed by atoms with Crippen LogP contribution in [0.15, 0.2) is 55.6 Å². The highest BCUT2D eigenvalue weighted by Crippen LogP contribution is 2.25. The van der Waals surface area contributed by atoms with Gasteiger partial charge in [0.2, 0.25) is 0 Å². The molecule has 0 bridgehead atoms. The zero-order valence-corrected chi connectivity index (χ0v) is 12.0. The van der Waals surface area contributed by atoms with Gasteiger partial charge in [-0.05, 0) is 18.5 Å². The van der Waals surface area contributed by atoms with Crippen LogP contribution in [0.2, 0.25) is 0 Å². The first-order valence-corrected chi connectivity index (χ1v) is 6.80. The van der Waals surface area contributed by atoms with Gasteiger partial charge >= 0.3 is 0 Å². The van der Waals surface area contributed by atoms with Gasteiger partial charge in [-0.1, -0.05) is 36.4 Å². The molecular formula is C17H21N3. The number of aromatic nitrogens is 1. The Kier molecular flexibility index (Phi) is 4.91. The molecule has 0 aliphatic heterocycles. The van der Waals surface area contributed by atoms with Crippen LogP contribution in [-0.2, 0) is 6.54 Å². The van der Waals surface area contributed by atoms with Gasteiger partial charge in [-0.15, -0.1) is 13.2 Å². The van der Waals surface area contributed by atoms with Gasteiger partial charge in [0.15, 0.2) is 0 Å². The van der Waals surface area contributed by atoms with Crippen LogP contribution in [0.4, 0.5) is 5.82 Å². The molecule has 0 aliphatic carbocycles. The number of benzene rings is 1. The van der Waals surface area contributed by atoms with Crippen molar-refractivity contribution in [3.8, 4) is 0 Å². The Morgan fingerprint density at radius 2 is 1.90 bits per heavy atom. The van der Waals surface area contributed by atoms with Gasteiger partial charge in [-0.3, -0.25) is 0 Å². The number of hydrogen-bond donors (Lipinski definition) is 1. The van der Waals surface area contributed by atoms with Crippen LogP contribution in [0.3, 0.4) is 0 Å². The van der Waals surface area contributed by atoms with Crippen LogP contribution >= 0.6 is 0 Å². The number of anilines is 1. The highest BCUT2D eigenvalue weighted by atomic mass is 15.2. The molecule has 0 aliphatic rings. The minimum absolute atomic E-state index is 0.756. The van der Waals surface area contributed by atoms with Gasteiger partial charge < -0.3 is 10.2 Å². The Bertz CT molecular complexity index is 594.